The average molecular weight is 267 g/mol. The second-order valence-electron chi connectivity index (χ2n) is 4.65. The number of carbonyl (C=O) groups excluding carboxylic acids is 1. The number of hydrogen-bond acceptors (Lipinski definition) is 4. The Labute approximate surface area is 111 Å². The number of esters is 1. The molecule has 1 aromatic carbocycles. The maximum absolute atomic E-state index is 13.0. The molecule has 0 aliphatic carbocycles. The number of ether oxygens (including phenoxy) is 2. The zero-order valence-electron chi connectivity index (χ0n) is 10.9. The molecule has 5 heteroatoms. The van der Waals surface area contributed by atoms with Gasteiger partial charge >= 0.3 is 5.97 Å². The molecule has 2 rings (SSSR count). The lowest BCUT2D eigenvalue weighted by Gasteiger charge is -2.20. The summed E-state index contributed by atoms with van der Waals surface area (Å²) in [4.78, 5) is 11.8. The maximum atomic E-state index is 13.0. The quantitative estimate of drug-likeness (QED) is 0.823. The van der Waals surface area contributed by atoms with Crippen LogP contribution < -0.4 is 10.1 Å². The molecule has 0 saturated carbocycles. The Morgan fingerprint density at radius 1 is 1.58 bits per heavy atom. The molecule has 1 saturated heterocycles. The van der Waals surface area contributed by atoms with E-state index in [1.165, 1.54) is 19.2 Å². The topological polar surface area (TPSA) is 47.6 Å². The summed E-state index contributed by atoms with van der Waals surface area (Å²) in [7, 11) is 1.37. The number of carbonyl (C=O) groups is 1. The van der Waals surface area contributed by atoms with Gasteiger partial charge in [0, 0.05) is 6.07 Å². The van der Waals surface area contributed by atoms with E-state index in [1.54, 1.807) is 12.1 Å². The van der Waals surface area contributed by atoms with Gasteiger partial charge in [-0.25, -0.2) is 4.39 Å². The summed E-state index contributed by atoms with van der Waals surface area (Å²) in [5.41, 5.74) is 0. The van der Waals surface area contributed by atoms with Crippen LogP contribution in [0.25, 0.3) is 0 Å². The van der Waals surface area contributed by atoms with E-state index >= 15 is 0 Å². The minimum atomic E-state index is -0.352. The third-order valence-electron chi connectivity index (χ3n) is 3.40. The zero-order valence-corrected chi connectivity index (χ0v) is 10.9. The van der Waals surface area contributed by atoms with Crippen LogP contribution in [0.15, 0.2) is 24.3 Å². The predicted molar refractivity (Wildman–Crippen MR) is 68.4 cm³/mol. The van der Waals surface area contributed by atoms with E-state index < -0.39 is 0 Å². The van der Waals surface area contributed by atoms with Crippen molar-refractivity contribution in [3.05, 3.63) is 30.1 Å². The molecule has 1 fully saturated rings. The fraction of sp³-hybridized carbons (Fsp3) is 0.500. The van der Waals surface area contributed by atoms with Crippen LogP contribution in [-0.2, 0) is 9.53 Å². The normalized spacial score (nSPS) is 20.0. The molecule has 1 N–H and O–H groups in total. The van der Waals surface area contributed by atoms with Crippen LogP contribution in [-0.4, -0.2) is 32.8 Å². The van der Waals surface area contributed by atoms with Crippen molar-refractivity contribution < 1.29 is 18.7 Å². The first-order valence-corrected chi connectivity index (χ1v) is 6.37. The molecule has 0 radical (unpaired) electrons. The van der Waals surface area contributed by atoms with Gasteiger partial charge in [-0.2, -0.15) is 0 Å². The van der Waals surface area contributed by atoms with E-state index in [9.17, 15) is 9.18 Å². The first-order valence-electron chi connectivity index (χ1n) is 6.37. The average Bonchev–Trinajstić information content (AvgIpc) is 2.92. The van der Waals surface area contributed by atoms with Crippen molar-refractivity contribution in [2.75, 3.05) is 26.8 Å². The summed E-state index contributed by atoms with van der Waals surface area (Å²) in [5.74, 6) is -0.302. The number of halogens is 1. The van der Waals surface area contributed by atoms with Crippen LogP contribution in [0.1, 0.15) is 6.42 Å². The van der Waals surface area contributed by atoms with Crippen LogP contribution in [0.2, 0.25) is 0 Å². The van der Waals surface area contributed by atoms with E-state index in [1.807, 2.05) is 0 Å². The second-order valence-corrected chi connectivity index (χ2v) is 4.65. The van der Waals surface area contributed by atoms with Gasteiger partial charge in [-0.05, 0) is 37.6 Å². The van der Waals surface area contributed by atoms with Gasteiger partial charge in [0.25, 0.3) is 0 Å². The third kappa shape index (κ3) is 3.67. The van der Waals surface area contributed by atoms with E-state index in [0.717, 1.165) is 19.5 Å². The summed E-state index contributed by atoms with van der Waals surface area (Å²) >= 11 is 0. The largest absolute Gasteiger partial charge is 0.493 e. The first kappa shape index (κ1) is 13.8. The van der Waals surface area contributed by atoms with E-state index in [0.29, 0.717) is 5.75 Å². The summed E-state index contributed by atoms with van der Waals surface area (Å²) in [6.07, 6.45) is 0.923. The minimum absolute atomic E-state index is 0.209. The molecule has 1 aliphatic rings. The summed E-state index contributed by atoms with van der Waals surface area (Å²) in [6.45, 7) is 1.90. The lowest BCUT2D eigenvalue weighted by Crippen LogP contribution is -2.31. The Balaban J connectivity index is 1.97. The number of rotatable bonds is 5. The molecule has 1 aliphatic heterocycles. The summed E-state index contributed by atoms with van der Waals surface area (Å²) in [5, 5.41) is 3.22. The van der Waals surface area contributed by atoms with Crippen LogP contribution in [0, 0.1) is 17.7 Å². The van der Waals surface area contributed by atoms with Crippen molar-refractivity contribution in [3.63, 3.8) is 0 Å². The van der Waals surface area contributed by atoms with Gasteiger partial charge in [0.1, 0.15) is 18.2 Å². The van der Waals surface area contributed by atoms with E-state index in [2.05, 4.69) is 5.32 Å². The molecule has 2 unspecified atom stereocenters. The highest BCUT2D eigenvalue weighted by molar-refractivity contribution is 5.73. The van der Waals surface area contributed by atoms with Crippen molar-refractivity contribution in [1.29, 1.82) is 0 Å². The van der Waals surface area contributed by atoms with Crippen molar-refractivity contribution in [1.82, 2.24) is 5.32 Å². The van der Waals surface area contributed by atoms with Gasteiger partial charge in [0.2, 0.25) is 0 Å². The van der Waals surface area contributed by atoms with Crippen molar-refractivity contribution in [2.24, 2.45) is 11.8 Å². The van der Waals surface area contributed by atoms with E-state index in [-0.39, 0.29) is 30.2 Å². The maximum Gasteiger partial charge on any atom is 0.312 e. The van der Waals surface area contributed by atoms with Crippen LogP contribution >= 0.6 is 0 Å². The Hall–Kier alpha value is -1.62. The van der Waals surface area contributed by atoms with Gasteiger partial charge in [0.15, 0.2) is 0 Å². The first-order chi connectivity index (χ1) is 9.20. The third-order valence-corrected chi connectivity index (χ3v) is 3.40. The molecule has 104 valence electrons. The van der Waals surface area contributed by atoms with Gasteiger partial charge in [0.05, 0.1) is 13.0 Å². The summed E-state index contributed by atoms with van der Waals surface area (Å²) in [6, 6.07) is 5.91. The molecule has 1 heterocycles. The highest BCUT2D eigenvalue weighted by Crippen LogP contribution is 2.22. The summed E-state index contributed by atoms with van der Waals surface area (Å²) < 4.78 is 23.4. The number of nitrogens with one attached hydrogen (secondary N) is 1. The molecule has 19 heavy (non-hydrogen) atoms. The van der Waals surface area contributed by atoms with Crippen molar-refractivity contribution >= 4 is 5.97 Å². The van der Waals surface area contributed by atoms with Gasteiger partial charge < -0.3 is 14.8 Å². The molecule has 0 spiro atoms. The number of methoxy groups -OCH3 is 1. The van der Waals surface area contributed by atoms with Crippen LogP contribution in [0.5, 0.6) is 5.75 Å². The Bertz CT molecular complexity index is 432. The standard InChI is InChI=1S/C14H18FNO3/c1-18-14(17)13(10-5-6-16-8-10)9-19-12-4-2-3-11(15)7-12/h2-4,7,10,13,16H,5-6,8-9H2,1H3. The number of benzene rings is 1. The Morgan fingerprint density at radius 3 is 3.05 bits per heavy atom. The molecule has 0 amide bonds. The fourth-order valence-electron chi connectivity index (χ4n) is 2.31. The van der Waals surface area contributed by atoms with Crippen molar-refractivity contribution in [2.45, 2.75) is 6.42 Å². The molecule has 0 aromatic heterocycles. The van der Waals surface area contributed by atoms with Crippen molar-refractivity contribution in [3.8, 4) is 5.75 Å². The van der Waals surface area contributed by atoms with Crippen LogP contribution in [0.4, 0.5) is 4.39 Å². The molecule has 0 bridgehead atoms. The highest BCUT2D eigenvalue weighted by Gasteiger charge is 2.32. The zero-order chi connectivity index (χ0) is 13.7. The lowest BCUT2D eigenvalue weighted by atomic mass is 9.92. The Kier molecular flexibility index (Phi) is 4.74. The van der Waals surface area contributed by atoms with Crippen LogP contribution in [0.3, 0.4) is 0 Å². The van der Waals surface area contributed by atoms with Gasteiger partial charge in [-0.15, -0.1) is 0 Å². The van der Waals surface area contributed by atoms with E-state index in [4.69, 9.17) is 9.47 Å². The van der Waals surface area contributed by atoms with Gasteiger partial charge in [-0.3, -0.25) is 4.79 Å². The smallest absolute Gasteiger partial charge is 0.312 e. The predicted octanol–water partition coefficient (Wildman–Crippen LogP) is 1.60. The number of hydrogen-bond donors (Lipinski definition) is 1. The SMILES string of the molecule is COC(=O)C(COc1cccc(F)c1)C1CCNC1. The second kappa shape index (κ2) is 6.52. The lowest BCUT2D eigenvalue weighted by molar-refractivity contribution is -0.148. The Morgan fingerprint density at radius 2 is 2.42 bits per heavy atom. The fourth-order valence-corrected chi connectivity index (χ4v) is 2.31. The molecular weight excluding hydrogens is 249 g/mol. The molecule has 1 aromatic rings. The monoisotopic (exact) mass is 267 g/mol. The highest BCUT2D eigenvalue weighted by atomic mass is 19.1. The molecular formula is C14H18FNO3. The molecule has 2 atom stereocenters. The molecule has 4 nitrogen and oxygen atoms in total. The minimum Gasteiger partial charge on any atom is -0.493 e. The van der Waals surface area contributed by atoms with Gasteiger partial charge in [-0.1, -0.05) is 6.07 Å².